The fourth-order valence-electron chi connectivity index (χ4n) is 3.43. The van der Waals surface area contributed by atoms with Crippen LogP contribution in [0.4, 0.5) is 4.39 Å². The number of H-pyrrole nitrogens is 1. The van der Waals surface area contributed by atoms with Gasteiger partial charge in [0.05, 0.1) is 12.2 Å². The van der Waals surface area contributed by atoms with E-state index in [9.17, 15) is 9.18 Å². The van der Waals surface area contributed by atoms with Crippen molar-refractivity contribution in [3.8, 4) is 22.8 Å². The van der Waals surface area contributed by atoms with Crippen LogP contribution in [0.25, 0.3) is 11.3 Å². The van der Waals surface area contributed by atoms with Crippen molar-refractivity contribution < 1.29 is 18.7 Å². The molecule has 0 atom stereocenters. The van der Waals surface area contributed by atoms with Gasteiger partial charge in [-0.1, -0.05) is 6.07 Å². The Balaban J connectivity index is 1.17. The first-order valence-electron chi connectivity index (χ1n) is 10.2. The second-order valence-corrected chi connectivity index (χ2v) is 7.59. The Morgan fingerprint density at radius 1 is 1.16 bits per heavy atom. The quantitative estimate of drug-likeness (QED) is 0.552. The predicted octanol–water partition coefficient (Wildman–Crippen LogP) is 3.13. The van der Waals surface area contributed by atoms with Crippen molar-refractivity contribution in [3.05, 3.63) is 65.6 Å². The molecule has 0 aliphatic carbocycles. The first-order chi connectivity index (χ1) is 15.1. The van der Waals surface area contributed by atoms with Crippen molar-refractivity contribution in [1.82, 2.24) is 20.4 Å². The number of hydrogen-bond donors (Lipinski definition) is 2. The summed E-state index contributed by atoms with van der Waals surface area (Å²) in [5.74, 6) is 1.16. The van der Waals surface area contributed by atoms with Gasteiger partial charge in [0.15, 0.2) is 11.5 Å². The molecule has 4 rings (SSSR count). The molecule has 8 heteroatoms. The lowest BCUT2D eigenvalue weighted by atomic mass is 10.1. The SMILES string of the molecule is CN(CCCc1cc(-c2ccc(F)cc2)n[nH]1)CC(=O)NCc1ccc2c(c1)OCO2. The van der Waals surface area contributed by atoms with Crippen LogP contribution in [0.15, 0.2) is 48.5 Å². The molecule has 0 radical (unpaired) electrons. The lowest BCUT2D eigenvalue weighted by Crippen LogP contribution is -2.35. The monoisotopic (exact) mass is 424 g/mol. The number of carbonyl (C=O) groups is 1. The van der Waals surface area contributed by atoms with Crippen LogP contribution in [0.5, 0.6) is 11.5 Å². The summed E-state index contributed by atoms with van der Waals surface area (Å²) < 4.78 is 23.7. The van der Waals surface area contributed by atoms with E-state index in [0.717, 1.165) is 47.7 Å². The average molecular weight is 424 g/mol. The van der Waals surface area contributed by atoms with Crippen molar-refractivity contribution >= 4 is 5.91 Å². The van der Waals surface area contributed by atoms with E-state index >= 15 is 0 Å². The maximum atomic E-state index is 13.1. The number of aromatic amines is 1. The van der Waals surface area contributed by atoms with E-state index < -0.39 is 0 Å². The molecule has 2 heterocycles. The largest absolute Gasteiger partial charge is 0.454 e. The van der Waals surface area contributed by atoms with Gasteiger partial charge in [-0.05, 0) is 74.5 Å². The topological polar surface area (TPSA) is 79.5 Å². The molecule has 2 N–H and O–H groups in total. The van der Waals surface area contributed by atoms with Gasteiger partial charge in [0.2, 0.25) is 12.7 Å². The van der Waals surface area contributed by atoms with Crippen LogP contribution < -0.4 is 14.8 Å². The number of rotatable bonds is 9. The van der Waals surface area contributed by atoms with Crippen molar-refractivity contribution in [3.63, 3.8) is 0 Å². The third-order valence-corrected chi connectivity index (χ3v) is 5.10. The van der Waals surface area contributed by atoms with Crippen LogP contribution in [0, 0.1) is 5.82 Å². The van der Waals surface area contributed by atoms with Gasteiger partial charge in [0.1, 0.15) is 5.82 Å². The third-order valence-electron chi connectivity index (χ3n) is 5.10. The number of aryl methyl sites for hydroxylation is 1. The predicted molar refractivity (Wildman–Crippen MR) is 114 cm³/mol. The Hall–Kier alpha value is -3.39. The molecule has 162 valence electrons. The highest BCUT2D eigenvalue weighted by Gasteiger charge is 2.14. The van der Waals surface area contributed by atoms with E-state index in [4.69, 9.17) is 9.47 Å². The van der Waals surface area contributed by atoms with E-state index in [-0.39, 0.29) is 18.5 Å². The number of nitrogens with one attached hydrogen (secondary N) is 2. The van der Waals surface area contributed by atoms with Gasteiger partial charge in [0.25, 0.3) is 0 Å². The number of fused-ring (bicyclic) bond motifs is 1. The zero-order chi connectivity index (χ0) is 21.6. The van der Waals surface area contributed by atoms with Crippen molar-refractivity contribution in [1.29, 1.82) is 0 Å². The summed E-state index contributed by atoms with van der Waals surface area (Å²) in [6.45, 7) is 1.79. The fraction of sp³-hybridized carbons (Fsp3) is 0.304. The number of ether oxygens (including phenoxy) is 2. The van der Waals surface area contributed by atoms with E-state index in [2.05, 4.69) is 15.5 Å². The highest BCUT2D eigenvalue weighted by molar-refractivity contribution is 5.78. The molecule has 1 aromatic heterocycles. The Labute approximate surface area is 180 Å². The maximum Gasteiger partial charge on any atom is 0.234 e. The van der Waals surface area contributed by atoms with Gasteiger partial charge in [-0.3, -0.25) is 14.8 Å². The van der Waals surface area contributed by atoms with Gasteiger partial charge in [0, 0.05) is 17.8 Å². The molecule has 0 fully saturated rings. The zero-order valence-electron chi connectivity index (χ0n) is 17.4. The molecule has 0 bridgehead atoms. The third kappa shape index (κ3) is 5.61. The highest BCUT2D eigenvalue weighted by Crippen LogP contribution is 2.32. The summed E-state index contributed by atoms with van der Waals surface area (Å²) in [5, 5.41) is 10.3. The Morgan fingerprint density at radius 3 is 2.81 bits per heavy atom. The van der Waals surface area contributed by atoms with E-state index in [1.807, 2.05) is 36.2 Å². The number of nitrogens with zero attached hydrogens (tertiary/aromatic N) is 2. The summed E-state index contributed by atoms with van der Waals surface area (Å²) >= 11 is 0. The van der Waals surface area contributed by atoms with Gasteiger partial charge in [-0.25, -0.2) is 4.39 Å². The Morgan fingerprint density at radius 2 is 1.97 bits per heavy atom. The normalized spacial score (nSPS) is 12.4. The van der Waals surface area contributed by atoms with Crippen LogP contribution in [-0.4, -0.2) is 47.9 Å². The molecule has 3 aromatic rings. The number of likely N-dealkylation sites (N-methyl/N-ethyl adjacent to an activating group) is 1. The van der Waals surface area contributed by atoms with Gasteiger partial charge in [-0.2, -0.15) is 5.10 Å². The highest BCUT2D eigenvalue weighted by atomic mass is 19.1. The number of halogens is 1. The minimum absolute atomic E-state index is 0.0275. The maximum absolute atomic E-state index is 13.1. The Kier molecular flexibility index (Phi) is 6.47. The second kappa shape index (κ2) is 9.61. The Bertz CT molecular complexity index is 1040. The molecule has 0 saturated carbocycles. The molecule has 7 nitrogen and oxygen atoms in total. The molecule has 2 aromatic carbocycles. The number of hydrogen-bond acceptors (Lipinski definition) is 5. The molecule has 1 aliphatic rings. The fourth-order valence-corrected chi connectivity index (χ4v) is 3.43. The summed E-state index contributed by atoms with van der Waals surface area (Å²) in [6.07, 6.45) is 1.70. The van der Waals surface area contributed by atoms with E-state index in [0.29, 0.717) is 18.8 Å². The minimum Gasteiger partial charge on any atom is -0.454 e. The first kappa shape index (κ1) is 20.9. The number of aromatic nitrogens is 2. The van der Waals surface area contributed by atoms with Crippen molar-refractivity contribution in [2.24, 2.45) is 0 Å². The molecule has 0 unspecified atom stereocenters. The van der Waals surface area contributed by atoms with Crippen molar-refractivity contribution in [2.75, 3.05) is 26.9 Å². The van der Waals surface area contributed by atoms with Crippen molar-refractivity contribution in [2.45, 2.75) is 19.4 Å². The van der Waals surface area contributed by atoms with Gasteiger partial charge in [-0.15, -0.1) is 0 Å². The average Bonchev–Trinajstić information content (AvgIpc) is 3.42. The standard InChI is InChI=1S/C23H25FN4O3/c1-28(14-23(29)25-13-16-4-9-21-22(11-16)31-15-30-21)10-2-3-19-12-20(27-26-19)17-5-7-18(24)8-6-17/h4-9,11-12H,2-3,10,13-15H2,1H3,(H,25,29)(H,26,27). The summed E-state index contributed by atoms with van der Waals surface area (Å²) in [7, 11) is 1.93. The van der Waals surface area contributed by atoms with E-state index in [1.165, 1.54) is 12.1 Å². The molecule has 31 heavy (non-hydrogen) atoms. The smallest absolute Gasteiger partial charge is 0.234 e. The second-order valence-electron chi connectivity index (χ2n) is 7.59. The number of carbonyl (C=O) groups excluding carboxylic acids is 1. The van der Waals surface area contributed by atoms with Crippen LogP contribution >= 0.6 is 0 Å². The lowest BCUT2D eigenvalue weighted by Gasteiger charge is -2.16. The molecule has 0 spiro atoms. The summed E-state index contributed by atoms with van der Waals surface area (Å²) in [4.78, 5) is 14.2. The molecule has 1 amide bonds. The minimum atomic E-state index is -0.262. The first-order valence-corrected chi connectivity index (χ1v) is 10.2. The summed E-state index contributed by atoms with van der Waals surface area (Å²) in [6, 6.07) is 13.9. The van der Waals surface area contributed by atoms with Crippen LogP contribution in [0.1, 0.15) is 17.7 Å². The van der Waals surface area contributed by atoms with Gasteiger partial charge < -0.3 is 14.8 Å². The molecule has 0 saturated heterocycles. The summed E-state index contributed by atoms with van der Waals surface area (Å²) in [5.41, 5.74) is 3.66. The molecule has 1 aliphatic heterocycles. The number of amides is 1. The molecular weight excluding hydrogens is 399 g/mol. The molecular formula is C23H25FN4O3. The number of benzene rings is 2. The zero-order valence-corrected chi connectivity index (χ0v) is 17.4. The van der Waals surface area contributed by atoms with E-state index in [1.54, 1.807) is 12.1 Å². The lowest BCUT2D eigenvalue weighted by molar-refractivity contribution is -0.122. The van der Waals surface area contributed by atoms with Gasteiger partial charge >= 0.3 is 0 Å². The van der Waals surface area contributed by atoms with Crippen LogP contribution in [-0.2, 0) is 17.8 Å². The van der Waals surface area contributed by atoms with Crippen LogP contribution in [0.2, 0.25) is 0 Å². The van der Waals surface area contributed by atoms with Crippen LogP contribution in [0.3, 0.4) is 0 Å².